The zero-order valence-electron chi connectivity index (χ0n) is 10.5. The maximum absolute atomic E-state index is 12.2. The van der Waals surface area contributed by atoms with E-state index in [0.717, 1.165) is 0 Å². The number of hydrazine groups is 1. The van der Waals surface area contributed by atoms with E-state index in [1.807, 2.05) is 6.92 Å². The number of likely N-dealkylation sites (N-methyl/N-ethyl adjacent to an activating group) is 1. The number of pyridine rings is 1. The number of ether oxygens (including phenoxy) is 1. The molecule has 3 N–H and O–H groups in total. The molecule has 1 rings (SSSR count). The highest BCUT2D eigenvalue weighted by Crippen LogP contribution is 2.15. The van der Waals surface area contributed by atoms with E-state index in [0.29, 0.717) is 25.6 Å². The van der Waals surface area contributed by atoms with Crippen molar-refractivity contribution >= 4 is 15.8 Å². The Bertz CT molecular complexity index is 478. The van der Waals surface area contributed by atoms with Crippen LogP contribution in [0.25, 0.3) is 0 Å². The van der Waals surface area contributed by atoms with Gasteiger partial charge in [0.15, 0.2) is 0 Å². The van der Waals surface area contributed by atoms with Crippen LogP contribution in [0.3, 0.4) is 0 Å². The van der Waals surface area contributed by atoms with Crippen LogP contribution in [0.4, 0.5) is 5.82 Å². The van der Waals surface area contributed by atoms with E-state index in [-0.39, 0.29) is 4.90 Å². The summed E-state index contributed by atoms with van der Waals surface area (Å²) >= 11 is 0. The van der Waals surface area contributed by atoms with E-state index in [1.54, 1.807) is 0 Å². The molecule has 0 aliphatic carbocycles. The lowest BCUT2D eigenvalue weighted by Crippen LogP contribution is -2.30. The van der Waals surface area contributed by atoms with E-state index in [2.05, 4.69) is 10.4 Å². The van der Waals surface area contributed by atoms with Crippen molar-refractivity contribution in [3.05, 3.63) is 18.3 Å². The average Bonchev–Trinajstić information content (AvgIpc) is 2.39. The summed E-state index contributed by atoms with van der Waals surface area (Å²) < 4.78 is 30.7. The topological polar surface area (TPSA) is 97.5 Å². The number of hydrogen-bond acceptors (Lipinski definition) is 6. The first-order valence-corrected chi connectivity index (χ1v) is 6.93. The van der Waals surface area contributed by atoms with Gasteiger partial charge in [0.2, 0.25) is 10.0 Å². The van der Waals surface area contributed by atoms with Crippen LogP contribution >= 0.6 is 0 Å². The van der Waals surface area contributed by atoms with Crippen molar-refractivity contribution in [3.63, 3.8) is 0 Å². The van der Waals surface area contributed by atoms with Gasteiger partial charge in [-0.05, 0) is 13.0 Å². The van der Waals surface area contributed by atoms with E-state index in [9.17, 15) is 8.42 Å². The number of nitrogen functional groups attached to an aromatic ring is 1. The summed E-state index contributed by atoms with van der Waals surface area (Å²) in [6, 6.07) is 2.81. The summed E-state index contributed by atoms with van der Waals surface area (Å²) in [7, 11) is -2.03. The predicted molar refractivity (Wildman–Crippen MR) is 68.4 cm³/mol. The van der Waals surface area contributed by atoms with Crippen LogP contribution in [0, 0.1) is 0 Å². The molecule has 1 heterocycles. The average molecular weight is 274 g/mol. The van der Waals surface area contributed by atoms with Gasteiger partial charge in [0.1, 0.15) is 5.82 Å². The quantitative estimate of drug-likeness (QED) is 0.413. The van der Waals surface area contributed by atoms with E-state index in [1.165, 1.54) is 29.7 Å². The fourth-order valence-corrected chi connectivity index (χ4v) is 2.46. The van der Waals surface area contributed by atoms with Gasteiger partial charge in [-0.25, -0.2) is 19.2 Å². The zero-order valence-corrected chi connectivity index (χ0v) is 11.3. The van der Waals surface area contributed by atoms with Crippen molar-refractivity contribution in [2.45, 2.75) is 11.8 Å². The Labute approximate surface area is 107 Å². The molecule has 0 fully saturated rings. The monoisotopic (exact) mass is 274 g/mol. The third-order valence-corrected chi connectivity index (χ3v) is 4.19. The normalized spacial score (nSPS) is 11.8. The maximum Gasteiger partial charge on any atom is 0.243 e. The Kier molecular flexibility index (Phi) is 5.48. The summed E-state index contributed by atoms with van der Waals surface area (Å²) in [4.78, 5) is 4.01. The molecule has 7 nitrogen and oxygen atoms in total. The Morgan fingerprint density at radius 3 is 2.89 bits per heavy atom. The van der Waals surface area contributed by atoms with Gasteiger partial charge in [0.05, 0.1) is 11.5 Å². The Hall–Kier alpha value is -1.22. The van der Waals surface area contributed by atoms with Gasteiger partial charge in [-0.1, -0.05) is 0 Å². The first-order chi connectivity index (χ1) is 8.52. The van der Waals surface area contributed by atoms with Crippen LogP contribution in [-0.4, -0.2) is 44.5 Å². The van der Waals surface area contributed by atoms with Crippen molar-refractivity contribution in [1.82, 2.24) is 9.29 Å². The van der Waals surface area contributed by atoms with Gasteiger partial charge in [0, 0.05) is 32.5 Å². The second kappa shape index (κ2) is 6.64. The number of rotatable bonds is 7. The summed E-state index contributed by atoms with van der Waals surface area (Å²) in [6.45, 7) is 3.07. The lowest BCUT2D eigenvalue weighted by atomic mass is 10.5. The number of nitrogens with one attached hydrogen (secondary N) is 1. The Morgan fingerprint density at radius 2 is 2.28 bits per heavy atom. The lowest BCUT2D eigenvalue weighted by molar-refractivity contribution is 0.138. The third-order valence-electron chi connectivity index (χ3n) is 2.34. The molecule has 8 heteroatoms. The number of nitrogens with two attached hydrogens (primary N) is 1. The van der Waals surface area contributed by atoms with Crippen molar-refractivity contribution < 1.29 is 13.2 Å². The van der Waals surface area contributed by atoms with Gasteiger partial charge in [-0.2, -0.15) is 4.31 Å². The molecular formula is C10H18N4O3S. The van der Waals surface area contributed by atoms with Crippen LogP contribution in [0.5, 0.6) is 0 Å². The van der Waals surface area contributed by atoms with Gasteiger partial charge in [-0.3, -0.25) is 0 Å². The fourth-order valence-electron chi connectivity index (χ4n) is 1.29. The van der Waals surface area contributed by atoms with E-state index < -0.39 is 10.0 Å². The molecular weight excluding hydrogens is 256 g/mol. The lowest BCUT2D eigenvalue weighted by Gasteiger charge is -2.17. The molecule has 0 spiro atoms. The molecule has 0 amide bonds. The Morgan fingerprint density at radius 1 is 1.56 bits per heavy atom. The van der Waals surface area contributed by atoms with Gasteiger partial charge < -0.3 is 10.2 Å². The standard InChI is InChI=1S/C10H18N4O3S/c1-3-17-7-6-14(2)18(15,16)9-4-5-12-10(8-9)13-11/h4-5,8H,3,6-7,11H2,1-2H3,(H,12,13). The molecule has 0 saturated heterocycles. The van der Waals surface area contributed by atoms with Crippen LogP contribution in [-0.2, 0) is 14.8 Å². The smallest absolute Gasteiger partial charge is 0.243 e. The molecule has 0 aromatic carbocycles. The third kappa shape index (κ3) is 3.64. The molecule has 1 aromatic rings. The van der Waals surface area contributed by atoms with E-state index >= 15 is 0 Å². The van der Waals surface area contributed by atoms with Crippen LogP contribution in [0.2, 0.25) is 0 Å². The second-order valence-corrected chi connectivity index (χ2v) is 5.59. The summed E-state index contributed by atoms with van der Waals surface area (Å²) in [5.41, 5.74) is 2.31. The number of hydrogen-bond donors (Lipinski definition) is 2. The van der Waals surface area contributed by atoms with Gasteiger partial charge in [-0.15, -0.1) is 0 Å². The van der Waals surface area contributed by atoms with Crippen molar-refractivity contribution in [1.29, 1.82) is 0 Å². The zero-order chi connectivity index (χ0) is 13.6. The number of nitrogens with zero attached hydrogens (tertiary/aromatic N) is 2. The molecule has 0 radical (unpaired) electrons. The fraction of sp³-hybridized carbons (Fsp3) is 0.500. The summed E-state index contributed by atoms with van der Waals surface area (Å²) in [6.07, 6.45) is 1.39. The number of anilines is 1. The van der Waals surface area contributed by atoms with Crippen molar-refractivity contribution in [3.8, 4) is 0 Å². The highest BCUT2D eigenvalue weighted by Gasteiger charge is 2.20. The molecule has 1 aromatic heterocycles. The summed E-state index contributed by atoms with van der Waals surface area (Å²) in [5, 5.41) is 0. The second-order valence-electron chi connectivity index (χ2n) is 3.54. The highest BCUT2D eigenvalue weighted by molar-refractivity contribution is 7.89. The minimum absolute atomic E-state index is 0.143. The van der Waals surface area contributed by atoms with Gasteiger partial charge >= 0.3 is 0 Å². The molecule has 0 aliphatic heterocycles. The van der Waals surface area contributed by atoms with Crippen LogP contribution in [0.1, 0.15) is 6.92 Å². The predicted octanol–water partition coefficient (Wildman–Crippen LogP) is 0.0242. The minimum atomic E-state index is -3.53. The highest BCUT2D eigenvalue weighted by atomic mass is 32.2. The number of sulfonamides is 1. The first kappa shape index (κ1) is 14.8. The molecule has 0 unspecified atom stereocenters. The van der Waals surface area contributed by atoms with Crippen LogP contribution < -0.4 is 11.3 Å². The minimum Gasteiger partial charge on any atom is -0.380 e. The molecule has 102 valence electrons. The van der Waals surface area contributed by atoms with Crippen molar-refractivity contribution in [2.24, 2.45) is 5.84 Å². The number of aromatic nitrogens is 1. The SMILES string of the molecule is CCOCCN(C)S(=O)(=O)c1ccnc(NN)c1. The van der Waals surface area contributed by atoms with Gasteiger partial charge in [0.25, 0.3) is 0 Å². The van der Waals surface area contributed by atoms with E-state index in [4.69, 9.17) is 10.6 Å². The van der Waals surface area contributed by atoms with Crippen LogP contribution in [0.15, 0.2) is 23.2 Å². The Balaban J connectivity index is 2.84. The summed E-state index contributed by atoms with van der Waals surface area (Å²) in [5.74, 6) is 5.50. The van der Waals surface area contributed by atoms with Crippen molar-refractivity contribution in [2.75, 3.05) is 32.2 Å². The molecule has 0 saturated carbocycles. The largest absolute Gasteiger partial charge is 0.380 e. The first-order valence-electron chi connectivity index (χ1n) is 5.49. The molecule has 0 atom stereocenters. The maximum atomic E-state index is 12.2. The molecule has 0 bridgehead atoms. The molecule has 18 heavy (non-hydrogen) atoms. The molecule has 0 aliphatic rings.